The van der Waals surface area contributed by atoms with Crippen molar-refractivity contribution in [1.82, 2.24) is 0 Å². The molecule has 0 spiro atoms. The zero-order chi connectivity index (χ0) is 23.7. The number of rotatable bonds is 4. The third-order valence-corrected chi connectivity index (χ3v) is 11.0. The lowest BCUT2D eigenvalue weighted by Gasteiger charge is -2.62. The Hall–Kier alpha value is -0.640. The monoisotopic (exact) mass is 444 g/mol. The Morgan fingerprint density at radius 1 is 1.03 bits per heavy atom. The van der Waals surface area contributed by atoms with Crippen molar-refractivity contribution in [2.45, 2.75) is 111 Å². The average Bonchev–Trinajstić information content (AvgIpc) is 2.95. The summed E-state index contributed by atoms with van der Waals surface area (Å²) in [5, 5.41) is 32.3. The van der Waals surface area contributed by atoms with Crippen molar-refractivity contribution in [1.29, 1.82) is 0 Å². The van der Waals surface area contributed by atoms with Crippen LogP contribution >= 0.6 is 0 Å². The van der Waals surface area contributed by atoms with Gasteiger partial charge in [-0.15, -0.1) is 0 Å². The van der Waals surface area contributed by atoms with Gasteiger partial charge in [0.05, 0.1) is 17.8 Å². The summed E-state index contributed by atoms with van der Waals surface area (Å²) in [7, 11) is 0. The molecule has 0 aromatic carbocycles. The van der Waals surface area contributed by atoms with Crippen molar-refractivity contribution < 1.29 is 15.3 Å². The van der Waals surface area contributed by atoms with E-state index >= 15 is 0 Å². The number of hydrogen-bond donors (Lipinski definition) is 3. The van der Waals surface area contributed by atoms with Gasteiger partial charge in [0.15, 0.2) is 0 Å². The summed E-state index contributed by atoms with van der Waals surface area (Å²) in [6, 6.07) is 0. The topological polar surface area (TPSA) is 60.7 Å². The number of fused-ring (bicyclic) bond motifs is 5. The van der Waals surface area contributed by atoms with E-state index in [9.17, 15) is 15.3 Å². The third kappa shape index (κ3) is 3.66. The molecule has 0 amide bonds. The third-order valence-electron chi connectivity index (χ3n) is 11.0. The summed E-state index contributed by atoms with van der Waals surface area (Å²) in [5.41, 5.74) is 0.749. The predicted molar refractivity (Wildman–Crippen MR) is 131 cm³/mol. The van der Waals surface area contributed by atoms with E-state index in [-0.39, 0.29) is 22.3 Å². The van der Waals surface area contributed by atoms with Gasteiger partial charge in [0.1, 0.15) is 0 Å². The second kappa shape index (κ2) is 7.95. The molecule has 0 aliphatic heterocycles. The van der Waals surface area contributed by atoms with Crippen molar-refractivity contribution >= 4 is 0 Å². The van der Waals surface area contributed by atoms with Crippen molar-refractivity contribution in [3.63, 3.8) is 0 Å². The van der Waals surface area contributed by atoms with Gasteiger partial charge in [-0.25, -0.2) is 0 Å². The molecule has 0 heterocycles. The molecule has 4 rings (SSSR count). The largest absolute Gasteiger partial charge is 0.392 e. The fraction of sp³-hybridized carbons (Fsp3) is 0.862. The molecule has 4 aliphatic carbocycles. The molecule has 0 bridgehead atoms. The van der Waals surface area contributed by atoms with E-state index in [1.54, 1.807) is 0 Å². The fourth-order valence-electron chi connectivity index (χ4n) is 8.94. The van der Waals surface area contributed by atoms with Gasteiger partial charge in [-0.3, -0.25) is 0 Å². The molecule has 0 radical (unpaired) electrons. The van der Waals surface area contributed by atoms with Crippen LogP contribution in [-0.4, -0.2) is 33.1 Å². The highest BCUT2D eigenvalue weighted by molar-refractivity contribution is 5.30. The molecule has 3 N–H and O–H groups in total. The molecule has 0 saturated heterocycles. The lowest BCUT2D eigenvalue weighted by atomic mass is 9.43. The van der Waals surface area contributed by atoms with Gasteiger partial charge < -0.3 is 15.3 Å². The number of hydrogen-bond acceptors (Lipinski definition) is 3. The Labute approximate surface area is 196 Å². The van der Waals surface area contributed by atoms with E-state index in [2.05, 4.69) is 46.8 Å². The van der Waals surface area contributed by atoms with Crippen LogP contribution in [0.3, 0.4) is 0 Å². The Balaban J connectivity index is 1.61. The van der Waals surface area contributed by atoms with Gasteiger partial charge in [-0.05, 0) is 99.2 Å². The zero-order valence-corrected chi connectivity index (χ0v) is 21.6. The normalized spacial score (nSPS) is 46.9. The molecule has 0 aromatic heterocycles. The maximum absolute atomic E-state index is 11.5. The standard InChI is InChI=1S/C29H48O3/c1-18(9-8-14-26(2,3)32)21-13-16-29(7)25-20(12-15-28(21,29)6)19-10-11-24(31)27(4,5)22(19)17-23(25)30/h8,14,17-21,23-25,30-32H,9-13,15-16H2,1-7H3/b14-8+/t18-,19-,20-,21-,23+,24+,25+,28-,29+/m1/s1. The smallest absolute Gasteiger partial charge is 0.0771 e. The first-order chi connectivity index (χ1) is 14.7. The van der Waals surface area contributed by atoms with Crippen molar-refractivity contribution in [2.75, 3.05) is 0 Å². The summed E-state index contributed by atoms with van der Waals surface area (Å²) < 4.78 is 0. The minimum Gasteiger partial charge on any atom is -0.392 e. The average molecular weight is 445 g/mol. The van der Waals surface area contributed by atoms with Gasteiger partial charge in [-0.1, -0.05) is 58.4 Å². The van der Waals surface area contributed by atoms with Crippen LogP contribution in [0.1, 0.15) is 93.4 Å². The van der Waals surface area contributed by atoms with Gasteiger partial charge in [0, 0.05) is 5.41 Å². The summed E-state index contributed by atoms with van der Waals surface area (Å²) in [6.45, 7) is 15.4. The number of aliphatic hydroxyl groups is 3. The molecule has 3 fully saturated rings. The Kier molecular flexibility index (Phi) is 6.09. The molecule has 182 valence electrons. The van der Waals surface area contributed by atoms with Crippen LogP contribution < -0.4 is 0 Å². The highest BCUT2D eigenvalue weighted by atomic mass is 16.3. The van der Waals surface area contributed by atoms with Crippen molar-refractivity contribution in [3.05, 3.63) is 23.8 Å². The minimum atomic E-state index is -0.747. The summed E-state index contributed by atoms with van der Waals surface area (Å²) in [4.78, 5) is 0. The van der Waals surface area contributed by atoms with Gasteiger partial charge >= 0.3 is 0 Å². The maximum Gasteiger partial charge on any atom is 0.0771 e. The Bertz CT molecular complexity index is 774. The first-order valence-electron chi connectivity index (χ1n) is 13.2. The van der Waals surface area contributed by atoms with E-state index in [0.29, 0.717) is 29.6 Å². The van der Waals surface area contributed by atoms with E-state index in [1.165, 1.54) is 31.3 Å². The molecule has 4 aliphatic rings. The Morgan fingerprint density at radius 2 is 1.69 bits per heavy atom. The molecule has 3 heteroatoms. The van der Waals surface area contributed by atoms with E-state index in [0.717, 1.165) is 19.3 Å². The quantitative estimate of drug-likeness (QED) is 0.474. The van der Waals surface area contributed by atoms with Gasteiger partial charge in [0.2, 0.25) is 0 Å². The zero-order valence-electron chi connectivity index (χ0n) is 21.6. The van der Waals surface area contributed by atoms with E-state index in [1.807, 2.05) is 19.9 Å². The summed E-state index contributed by atoms with van der Waals surface area (Å²) >= 11 is 0. The minimum absolute atomic E-state index is 0.149. The predicted octanol–water partition coefficient (Wildman–Crippen LogP) is 5.89. The molecular weight excluding hydrogens is 396 g/mol. The van der Waals surface area contributed by atoms with Gasteiger partial charge in [0.25, 0.3) is 0 Å². The van der Waals surface area contributed by atoms with Crippen molar-refractivity contribution in [3.8, 4) is 0 Å². The second-order valence-electron chi connectivity index (χ2n) is 13.5. The highest BCUT2D eigenvalue weighted by Crippen LogP contribution is 2.71. The Morgan fingerprint density at radius 3 is 2.34 bits per heavy atom. The van der Waals surface area contributed by atoms with Crippen LogP contribution in [0.2, 0.25) is 0 Å². The maximum atomic E-state index is 11.5. The molecule has 32 heavy (non-hydrogen) atoms. The number of allylic oxidation sites excluding steroid dienone is 1. The van der Waals surface area contributed by atoms with E-state index < -0.39 is 11.7 Å². The van der Waals surface area contributed by atoms with Crippen LogP contribution in [0.5, 0.6) is 0 Å². The lowest BCUT2D eigenvalue weighted by molar-refractivity contribution is -0.135. The van der Waals surface area contributed by atoms with Crippen LogP contribution in [0.4, 0.5) is 0 Å². The van der Waals surface area contributed by atoms with E-state index in [4.69, 9.17) is 0 Å². The molecule has 3 nitrogen and oxygen atoms in total. The first kappa shape index (κ1) is 24.5. The van der Waals surface area contributed by atoms with Crippen LogP contribution in [0.25, 0.3) is 0 Å². The molecule has 3 saturated carbocycles. The summed E-state index contributed by atoms with van der Waals surface area (Å²) in [5.74, 6) is 2.62. The second-order valence-corrected chi connectivity index (χ2v) is 13.5. The first-order valence-corrected chi connectivity index (χ1v) is 13.2. The number of aliphatic hydroxyl groups excluding tert-OH is 2. The van der Waals surface area contributed by atoms with Crippen LogP contribution in [-0.2, 0) is 0 Å². The molecular formula is C29H48O3. The van der Waals surface area contributed by atoms with Crippen molar-refractivity contribution in [2.24, 2.45) is 45.8 Å². The SMILES string of the molecule is C[C@H](C/C=C/C(C)(C)O)[C@H]1CC[C@@]2(C)[C@H]3[C@H](CC[C@]12C)[C@H]1CC[C@H](O)C(C)(C)C1=C[C@@H]3O. The molecule has 9 atom stereocenters. The lowest BCUT2D eigenvalue weighted by Crippen LogP contribution is -2.58. The molecule has 0 unspecified atom stereocenters. The molecule has 0 aromatic rings. The summed E-state index contributed by atoms with van der Waals surface area (Å²) in [6.07, 6.45) is 13.4. The van der Waals surface area contributed by atoms with Gasteiger partial charge in [-0.2, -0.15) is 0 Å². The van der Waals surface area contributed by atoms with Crippen LogP contribution in [0, 0.1) is 45.8 Å². The van der Waals surface area contributed by atoms with Crippen LogP contribution in [0.15, 0.2) is 23.8 Å². The highest BCUT2D eigenvalue weighted by Gasteiger charge is 2.65. The fourth-order valence-corrected chi connectivity index (χ4v) is 8.94.